The van der Waals surface area contributed by atoms with Gasteiger partial charge in [0.1, 0.15) is 0 Å². The maximum Gasteiger partial charge on any atom is 0.0580 e. The van der Waals surface area contributed by atoms with Gasteiger partial charge in [0.2, 0.25) is 0 Å². The zero-order chi connectivity index (χ0) is 12.5. The zero-order valence-corrected chi connectivity index (χ0v) is 11.6. The van der Waals surface area contributed by atoms with Crippen molar-refractivity contribution < 1.29 is 4.74 Å². The average molecular weight is 239 g/mol. The van der Waals surface area contributed by atoms with E-state index in [-0.39, 0.29) is 0 Å². The first-order valence-electron chi connectivity index (χ1n) is 7.26. The molecular weight excluding hydrogens is 210 g/mol. The second-order valence-corrected chi connectivity index (χ2v) is 5.12. The molecule has 1 aliphatic rings. The molecule has 1 N–H and O–H groups in total. The molecule has 1 fully saturated rings. The van der Waals surface area contributed by atoms with Gasteiger partial charge < -0.3 is 10.1 Å². The van der Waals surface area contributed by atoms with Crippen LogP contribution in [-0.2, 0) is 4.74 Å². The number of hydrogen-bond acceptors (Lipinski definition) is 2. The first-order valence-corrected chi connectivity index (χ1v) is 7.26. The lowest BCUT2D eigenvalue weighted by Crippen LogP contribution is -2.38. The van der Waals surface area contributed by atoms with Crippen molar-refractivity contribution in [3.8, 4) is 0 Å². The Labute approximate surface area is 107 Å². The van der Waals surface area contributed by atoms with Crippen LogP contribution >= 0.6 is 0 Å². The fourth-order valence-electron chi connectivity index (χ4n) is 2.74. The lowest BCUT2D eigenvalue weighted by atomic mass is 9.77. The Balaban J connectivity index is 2.14. The third kappa shape index (κ3) is 5.69. The Kier molecular flexibility index (Phi) is 7.54. The van der Waals surface area contributed by atoms with E-state index in [1.54, 1.807) is 0 Å². The Morgan fingerprint density at radius 2 is 2.18 bits per heavy atom. The summed E-state index contributed by atoms with van der Waals surface area (Å²) in [6, 6.07) is 0.701. The van der Waals surface area contributed by atoms with E-state index in [0.717, 1.165) is 25.5 Å². The molecule has 0 amide bonds. The molecule has 2 heteroatoms. The molecule has 1 saturated carbocycles. The molecule has 0 aromatic rings. The first kappa shape index (κ1) is 14.7. The normalized spacial score (nSPS) is 25.3. The van der Waals surface area contributed by atoms with E-state index < -0.39 is 0 Å². The third-order valence-electron chi connectivity index (χ3n) is 3.67. The SMILES string of the molecule is C=CCCCC(CC1CC(OCC)C1)NCC. The highest BCUT2D eigenvalue weighted by Crippen LogP contribution is 2.34. The van der Waals surface area contributed by atoms with Crippen molar-refractivity contribution in [3.05, 3.63) is 12.7 Å². The average Bonchev–Trinajstić information content (AvgIpc) is 2.26. The summed E-state index contributed by atoms with van der Waals surface area (Å²) in [5.74, 6) is 0.888. The molecule has 100 valence electrons. The van der Waals surface area contributed by atoms with Crippen LogP contribution in [-0.4, -0.2) is 25.3 Å². The summed E-state index contributed by atoms with van der Waals surface area (Å²) < 4.78 is 5.61. The molecule has 0 aromatic heterocycles. The summed E-state index contributed by atoms with van der Waals surface area (Å²) in [5, 5.41) is 3.61. The predicted octanol–water partition coefficient (Wildman–Crippen LogP) is 3.53. The first-order chi connectivity index (χ1) is 8.30. The van der Waals surface area contributed by atoms with Crippen molar-refractivity contribution in [1.29, 1.82) is 0 Å². The van der Waals surface area contributed by atoms with Crippen LogP contribution in [0.4, 0.5) is 0 Å². The van der Waals surface area contributed by atoms with Crippen LogP contribution in [0.1, 0.15) is 52.4 Å². The molecule has 0 radical (unpaired) electrons. The van der Waals surface area contributed by atoms with Gasteiger partial charge in [-0.2, -0.15) is 0 Å². The van der Waals surface area contributed by atoms with Crippen molar-refractivity contribution in [2.24, 2.45) is 5.92 Å². The van der Waals surface area contributed by atoms with E-state index in [0.29, 0.717) is 12.1 Å². The van der Waals surface area contributed by atoms with Gasteiger partial charge in [0, 0.05) is 12.6 Å². The number of unbranched alkanes of at least 4 members (excludes halogenated alkanes) is 1. The van der Waals surface area contributed by atoms with Crippen LogP contribution in [0.25, 0.3) is 0 Å². The minimum atomic E-state index is 0.556. The molecule has 0 spiro atoms. The van der Waals surface area contributed by atoms with Crippen molar-refractivity contribution >= 4 is 0 Å². The lowest BCUT2D eigenvalue weighted by molar-refractivity contribution is -0.0292. The summed E-state index contributed by atoms with van der Waals surface area (Å²) in [7, 11) is 0. The molecule has 1 unspecified atom stereocenters. The van der Waals surface area contributed by atoms with Crippen LogP contribution in [0.2, 0.25) is 0 Å². The van der Waals surface area contributed by atoms with E-state index in [2.05, 4.69) is 25.7 Å². The standard InChI is InChI=1S/C15H29NO/c1-4-7-8-9-14(16-5-2)10-13-11-15(12-13)17-6-3/h4,13-16H,1,5-12H2,2-3H3. The molecule has 0 heterocycles. The highest BCUT2D eigenvalue weighted by Gasteiger charge is 2.30. The Morgan fingerprint density at radius 3 is 2.76 bits per heavy atom. The highest BCUT2D eigenvalue weighted by molar-refractivity contribution is 4.84. The molecular formula is C15H29NO. The van der Waals surface area contributed by atoms with Gasteiger partial charge in [-0.05, 0) is 57.9 Å². The topological polar surface area (TPSA) is 21.3 Å². The number of rotatable bonds is 10. The van der Waals surface area contributed by atoms with Gasteiger partial charge in [-0.1, -0.05) is 13.0 Å². The Bertz CT molecular complexity index is 199. The van der Waals surface area contributed by atoms with Crippen LogP contribution < -0.4 is 5.32 Å². The second-order valence-electron chi connectivity index (χ2n) is 5.12. The molecule has 1 aliphatic carbocycles. The van der Waals surface area contributed by atoms with Crippen molar-refractivity contribution in [1.82, 2.24) is 5.32 Å². The fraction of sp³-hybridized carbons (Fsp3) is 0.867. The van der Waals surface area contributed by atoms with Crippen LogP contribution in [0.15, 0.2) is 12.7 Å². The van der Waals surface area contributed by atoms with Gasteiger partial charge >= 0.3 is 0 Å². The number of ether oxygens (including phenoxy) is 1. The predicted molar refractivity (Wildman–Crippen MR) is 74.3 cm³/mol. The molecule has 17 heavy (non-hydrogen) atoms. The summed E-state index contributed by atoms with van der Waals surface area (Å²) >= 11 is 0. The Morgan fingerprint density at radius 1 is 1.41 bits per heavy atom. The molecule has 2 nitrogen and oxygen atoms in total. The highest BCUT2D eigenvalue weighted by atomic mass is 16.5. The summed E-state index contributed by atoms with van der Waals surface area (Å²) in [4.78, 5) is 0. The minimum absolute atomic E-state index is 0.556. The maximum absolute atomic E-state index is 5.61. The number of allylic oxidation sites excluding steroid dienone is 1. The summed E-state index contributed by atoms with van der Waals surface area (Å²) in [6.07, 6.45) is 10.2. The lowest BCUT2D eigenvalue weighted by Gasteiger charge is -2.37. The third-order valence-corrected chi connectivity index (χ3v) is 3.67. The van der Waals surface area contributed by atoms with Gasteiger partial charge in [-0.25, -0.2) is 0 Å². The van der Waals surface area contributed by atoms with E-state index in [4.69, 9.17) is 4.74 Å². The van der Waals surface area contributed by atoms with Gasteiger partial charge in [0.25, 0.3) is 0 Å². The smallest absolute Gasteiger partial charge is 0.0580 e. The van der Waals surface area contributed by atoms with Gasteiger partial charge in [-0.15, -0.1) is 6.58 Å². The number of hydrogen-bond donors (Lipinski definition) is 1. The van der Waals surface area contributed by atoms with Crippen LogP contribution in [0.3, 0.4) is 0 Å². The van der Waals surface area contributed by atoms with E-state index in [9.17, 15) is 0 Å². The number of nitrogens with one attached hydrogen (secondary N) is 1. The molecule has 0 bridgehead atoms. The van der Waals surface area contributed by atoms with Crippen molar-refractivity contribution in [2.75, 3.05) is 13.2 Å². The second kappa shape index (κ2) is 8.71. The molecule has 1 rings (SSSR count). The largest absolute Gasteiger partial charge is 0.378 e. The van der Waals surface area contributed by atoms with Crippen LogP contribution in [0.5, 0.6) is 0 Å². The van der Waals surface area contributed by atoms with Crippen molar-refractivity contribution in [3.63, 3.8) is 0 Å². The minimum Gasteiger partial charge on any atom is -0.378 e. The van der Waals surface area contributed by atoms with E-state index in [1.165, 1.54) is 32.1 Å². The van der Waals surface area contributed by atoms with E-state index in [1.807, 2.05) is 6.08 Å². The van der Waals surface area contributed by atoms with Crippen molar-refractivity contribution in [2.45, 2.75) is 64.5 Å². The Hall–Kier alpha value is -0.340. The fourth-order valence-corrected chi connectivity index (χ4v) is 2.74. The van der Waals surface area contributed by atoms with E-state index >= 15 is 0 Å². The molecule has 1 atom stereocenters. The van der Waals surface area contributed by atoms with Crippen LogP contribution in [0, 0.1) is 5.92 Å². The molecule has 0 saturated heterocycles. The summed E-state index contributed by atoms with van der Waals surface area (Å²) in [5.41, 5.74) is 0. The quantitative estimate of drug-likeness (QED) is 0.465. The van der Waals surface area contributed by atoms with Gasteiger partial charge in [0.15, 0.2) is 0 Å². The monoisotopic (exact) mass is 239 g/mol. The van der Waals surface area contributed by atoms with Gasteiger partial charge in [-0.3, -0.25) is 0 Å². The zero-order valence-electron chi connectivity index (χ0n) is 11.6. The maximum atomic E-state index is 5.61. The summed E-state index contributed by atoms with van der Waals surface area (Å²) in [6.45, 7) is 10.0. The molecule has 0 aromatic carbocycles. The molecule has 0 aliphatic heterocycles. The van der Waals surface area contributed by atoms with Gasteiger partial charge in [0.05, 0.1) is 6.10 Å².